The van der Waals surface area contributed by atoms with Crippen LogP contribution in [0, 0.1) is 6.92 Å². The third-order valence-electron chi connectivity index (χ3n) is 2.60. The summed E-state index contributed by atoms with van der Waals surface area (Å²) in [7, 11) is 0. The van der Waals surface area contributed by atoms with Crippen LogP contribution >= 0.6 is 0 Å². The van der Waals surface area contributed by atoms with Gasteiger partial charge in [0.2, 0.25) is 0 Å². The van der Waals surface area contributed by atoms with Gasteiger partial charge in [0.05, 0.1) is 0 Å². The Kier molecular flexibility index (Phi) is 1.72. The number of aldehydes is 1. The molecule has 2 rings (SSSR count). The molecule has 12 heavy (non-hydrogen) atoms. The largest absolute Gasteiger partial charge is 0.298 e. The number of aryl methyl sites for hydroxylation is 2. The number of hydrogen-bond acceptors (Lipinski definition) is 1. The lowest BCUT2D eigenvalue weighted by Crippen LogP contribution is -1.91. The maximum absolute atomic E-state index is 10.6. The number of fused-ring (bicyclic) bond motifs is 1. The number of carbonyl (C=O) groups excluding carboxylic acids is 1. The standard InChI is InChI=1S/C11H12O/c1-8-5-9(7-12)6-10-3-2-4-11(8)10/h5-7H,2-4H2,1H3. The molecule has 0 unspecified atom stereocenters. The SMILES string of the molecule is Cc1cc(C=O)cc2c1CCC2. The Morgan fingerprint density at radius 2 is 2.17 bits per heavy atom. The van der Waals surface area contributed by atoms with Gasteiger partial charge in [0, 0.05) is 5.56 Å². The Labute approximate surface area is 72.4 Å². The van der Waals surface area contributed by atoms with Gasteiger partial charge in [-0.1, -0.05) is 0 Å². The van der Waals surface area contributed by atoms with Crippen LogP contribution in [0.4, 0.5) is 0 Å². The highest BCUT2D eigenvalue weighted by atomic mass is 16.1. The monoisotopic (exact) mass is 160 g/mol. The van der Waals surface area contributed by atoms with Crippen LogP contribution in [0.1, 0.15) is 33.5 Å². The molecule has 1 nitrogen and oxygen atoms in total. The summed E-state index contributed by atoms with van der Waals surface area (Å²) in [6.07, 6.45) is 4.53. The van der Waals surface area contributed by atoms with E-state index in [1.807, 2.05) is 12.1 Å². The van der Waals surface area contributed by atoms with Gasteiger partial charge in [0.15, 0.2) is 0 Å². The van der Waals surface area contributed by atoms with Crippen LogP contribution < -0.4 is 0 Å². The molecular formula is C11H12O. The van der Waals surface area contributed by atoms with Gasteiger partial charge in [-0.25, -0.2) is 0 Å². The molecule has 1 aliphatic rings. The summed E-state index contributed by atoms with van der Waals surface area (Å²) in [6.45, 7) is 2.09. The minimum atomic E-state index is 0.827. The second kappa shape index (κ2) is 2.74. The molecule has 1 heteroatoms. The zero-order valence-electron chi connectivity index (χ0n) is 7.26. The van der Waals surface area contributed by atoms with Gasteiger partial charge in [-0.3, -0.25) is 4.79 Å². The first kappa shape index (κ1) is 7.53. The second-order valence-electron chi connectivity index (χ2n) is 3.45. The molecule has 0 fully saturated rings. The van der Waals surface area contributed by atoms with Crippen molar-refractivity contribution in [3.05, 3.63) is 34.4 Å². The van der Waals surface area contributed by atoms with Crippen LogP contribution in [0.2, 0.25) is 0 Å². The van der Waals surface area contributed by atoms with E-state index in [0.717, 1.165) is 18.3 Å². The molecule has 0 aliphatic heterocycles. The molecule has 0 saturated carbocycles. The number of hydrogen-bond donors (Lipinski definition) is 0. The topological polar surface area (TPSA) is 17.1 Å². The van der Waals surface area contributed by atoms with Gasteiger partial charge in [0.1, 0.15) is 6.29 Å². The second-order valence-corrected chi connectivity index (χ2v) is 3.45. The van der Waals surface area contributed by atoms with Crippen LogP contribution in [-0.2, 0) is 12.8 Å². The first-order valence-corrected chi connectivity index (χ1v) is 4.39. The molecule has 0 N–H and O–H groups in total. The van der Waals surface area contributed by atoms with Gasteiger partial charge in [0.25, 0.3) is 0 Å². The third kappa shape index (κ3) is 1.06. The highest BCUT2D eigenvalue weighted by molar-refractivity contribution is 5.76. The van der Waals surface area contributed by atoms with Crippen LogP contribution in [0.25, 0.3) is 0 Å². The van der Waals surface area contributed by atoms with Gasteiger partial charge in [-0.05, 0) is 55.0 Å². The summed E-state index contributed by atoms with van der Waals surface area (Å²) in [5, 5.41) is 0. The smallest absolute Gasteiger partial charge is 0.150 e. The molecule has 1 aromatic rings. The number of rotatable bonds is 1. The molecule has 0 radical (unpaired) electrons. The van der Waals surface area contributed by atoms with Gasteiger partial charge in [-0.15, -0.1) is 0 Å². The fourth-order valence-corrected chi connectivity index (χ4v) is 2.02. The first-order chi connectivity index (χ1) is 5.81. The van der Waals surface area contributed by atoms with E-state index in [1.54, 1.807) is 0 Å². The van der Waals surface area contributed by atoms with E-state index < -0.39 is 0 Å². The zero-order chi connectivity index (χ0) is 8.55. The normalized spacial score (nSPS) is 14.4. The van der Waals surface area contributed by atoms with E-state index in [4.69, 9.17) is 0 Å². The quantitative estimate of drug-likeness (QED) is 0.576. The molecule has 62 valence electrons. The zero-order valence-corrected chi connectivity index (χ0v) is 7.26. The van der Waals surface area contributed by atoms with Crippen molar-refractivity contribution in [2.75, 3.05) is 0 Å². The fraction of sp³-hybridized carbons (Fsp3) is 0.364. The van der Waals surface area contributed by atoms with Crippen LogP contribution in [-0.4, -0.2) is 6.29 Å². The van der Waals surface area contributed by atoms with Gasteiger partial charge in [-0.2, -0.15) is 0 Å². The summed E-state index contributed by atoms with van der Waals surface area (Å²) in [6, 6.07) is 4.01. The maximum atomic E-state index is 10.6. The van der Waals surface area contributed by atoms with Gasteiger partial charge >= 0.3 is 0 Å². The van der Waals surface area contributed by atoms with E-state index in [0.29, 0.717) is 0 Å². The average molecular weight is 160 g/mol. The Morgan fingerprint density at radius 1 is 1.33 bits per heavy atom. The number of carbonyl (C=O) groups is 1. The predicted molar refractivity (Wildman–Crippen MR) is 48.6 cm³/mol. The van der Waals surface area contributed by atoms with E-state index in [9.17, 15) is 4.79 Å². The Hall–Kier alpha value is -1.11. The molecule has 0 saturated heterocycles. The van der Waals surface area contributed by atoms with Crippen molar-refractivity contribution in [1.82, 2.24) is 0 Å². The van der Waals surface area contributed by atoms with Crippen molar-refractivity contribution < 1.29 is 4.79 Å². The minimum Gasteiger partial charge on any atom is -0.298 e. The molecule has 1 aliphatic carbocycles. The van der Waals surface area contributed by atoms with Crippen molar-refractivity contribution in [2.24, 2.45) is 0 Å². The lowest BCUT2D eigenvalue weighted by atomic mass is 10.0. The number of benzene rings is 1. The van der Waals surface area contributed by atoms with Crippen molar-refractivity contribution in [2.45, 2.75) is 26.2 Å². The molecule has 0 aromatic heterocycles. The molecule has 0 amide bonds. The summed E-state index contributed by atoms with van der Waals surface area (Å²) < 4.78 is 0. The minimum absolute atomic E-state index is 0.827. The summed E-state index contributed by atoms with van der Waals surface area (Å²) in [5.41, 5.74) is 4.97. The lowest BCUT2D eigenvalue weighted by Gasteiger charge is -2.03. The van der Waals surface area contributed by atoms with E-state index >= 15 is 0 Å². The maximum Gasteiger partial charge on any atom is 0.150 e. The van der Waals surface area contributed by atoms with E-state index in [-0.39, 0.29) is 0 Å². The summed E-state index contributed by atoms with van der Waals surface area (Å²) >= 11 is 0. The predicted octanol–water partition coefficient (Wildman–Crippen LogP) is 2.30. The fourth-order valence-electron chi connectivity index (χ4n) is 2.02. The molecule has 1 aromatic carbocycles. The molecular weight excluding hydrogens is 148 g/mol. The van der Waals surface area contributed by atoms with Crippen molar-refractivity contribution >= 4 is 6.29 Å². The van der Waals surface area contributed by atoms with E-state index in [1.165, 1.54) is 29.5 Å². The Bertz CT molecular complexity index is 326. The molecule has 0 bridgehead atoms. The third-order valence-corrected chi connectivity index (χ3v) is 2.60. The first-order valence-electron chi connectivity index (χ1n) is 4.39. The van der Waals surface area contributed by atoms with Crippen LogP contribution in [0.15, 0.2) is 12.1 Å². The van der Waals surface area contributed by atoms with Gasteiger partial charge < -0.3 is 0 Å². The molecule has 0 heterocycles. The highest BCUT2D eigenvalue weighted by Crippen LogP contribution is 2.25. The summed E-state index contributed by atoms with van der Waals surface area (Å²) in [5.74, 6) is 0. The van der Waals surface area contributed by atoms with Crippen LogP contribution in [0.3, 0.4) is 0 Å². The van der Waals surface area contributed by atoms with Crippen molar-refractivity contribution in [1.29, 1.82) is 0 Å². The molecule has 0 spiro atoms. The Morgan fingerprint density at radius 3 is 2.92 bits per heavy atom. The van der Waals surface area contributed by atoms with Crippen molar-refractivity contribution in [3.63, 3.8) is 0 Å². The average Bonchev–Trinajstić information content (AvgIpc) is 2.52. The summed E-state index contributed by atoms with van der Waals surface area (Å²) in [4.78, 5) is 10.6. The van der Waals surface area contributed by atoms with Crippen molar-refractivity contribution in [3.8, 4) is 0 Å². The molecule has 0 atom stereocenters. The van der Waals surface area contributed by atoms with Crippen LogP contribution in [0.5, 0.6) is 0 Å². The Balaban J connectivity index is 2.58. The highest BCUT2D eigenvalue weighted by Gasteiger charge is 2.13. The lowest BCUT2D eigenvalue weighted by molar-refractivity contribution is 0.112. The van der Waals surface area contributed by atoms with E-state index in [2.05, 4.69) is 6.92 Å².